The predicted molar refractivity (Wildman–Crippen MR) is 94.0 cm³/mol. The molecule has 0 spiro atoms. The molecule has 22 heavy (non-hydrogen) atoms. The summed E-state index contributed by atoms with van der Waals surface area (Å²) in [7, 11) is -1.37. The highest BCUT2D eigenvalue weighted by Crippen LogP contribution is 2.13. The van der Waals surface area contributed by atoms with Crippen molar-refractivity contribution in [3.8, 4) is 0 Å². The molecule has 8 heteroatoms. The standard InChI is InChI=1S/C14H26N4O2S2/c1-12(10-13-6-4-9-21-13)11-17-14(15-2)16-7-5-8-18-22(3,19)20/h4,6,9,12,18H,5,7-8,10-11H2,1-3H3,(H2,15,16,17). The minimum absolute atomic E-state index is 0.428. The van der Waals surface area contributed by atoms with E-state index in [1.165, 1.54) is 4.88 Å². The second-order valence-electron chi connectivity index (χ2n) is 5.29. The van der Waals surface area contributed by atoms with Crippen LogP contribution in [0.3, 0.4) is 0 Å². The summed E-state index contributed by atoms with van der Waals surface area (Å²) < 4.78 is 24.3. The molecule has 0 amide bonds. The Morgan fingerprint density at radius 3 is 2.73 bits per heavy atom. The minimum atomic E-state index is -3.10. The molecular weight excluding hydrogens is 320 g/mol. The molecule has 1 atom stereocenters. The van der Waals surface area contributed by atoms with E-state index in [4.69, 9.17) is 0 Å². The molecule has 0 bridgehead atoms. The van der Waals surface area contributed by atoms with E-state index >= 15 is 0 Å². The van der Waals surface area contributed by atoms with Gasteiger partial charge in [0.25, 0.3) is 0 Å². The second kappa shape index (κ2) is 9.81. The number of hydrogen-bond donors (Lipinski definition) is 3. The lowest BCUT2D eigenvalue weighted by atomic mass is 10.1. The molecule has 1 rings (SSSR count). The van der Waals surface area contributed by atoms with Gasteiger partial charge in [-0.05, 0) is 30.2 Å². The van der Waals surface area contributed by atoms with Crippen LogP contribution in [0.25, 0.3) is 0 Å². The number of thiophene rings is 1. The molecule has 1 aromatic heterocycles. The van der Waals surface area contributed by atoms with Crippen LogP contribution in [0.15, 0.2) is 22.5 Å². The van der Waals surface area contributed by atoms with Crippen LogP contribution < -0.4 is 15.4 Å². The monoisotopic (exact) mass is 346 g/mol. The average Bonchev–Trinajstić information content (AvgIpc) is 2.93. The number of rotatable bonds is 9. The van der Waals surface area contributed by atoms with Gasteiger partial charge in [0.05, 0.1) is 6.26 Å². The summed E-state index contributed by atoms with van der Waals surface area (Å²) in [5, 5.41) is 8.57. The van der Waals surface area contributed by atoms with Crippen molar-refractivity contribution in [3.05, 3.63) is 22.4 Å². The van der Waals surface area contributed by atoms with Crippen molar-refractivity contribution in [3.63, 3.8) is 0 Å². The van der Waals surface area contributed by atoms with Crippen LogP contribution >= 0.6 is 11.3 Å². The first kappa shape index (κ1) is 18.9. The maximum atomic E-state index is 10.9. The number of nitrogens with zero attached hydrogens (tertiary/aromatic N) is 1. The SMILES string of the molecule is CN=C(NCCCNS(C)(=O)=O)NCC(C)Cc1cccs1. The summed E-state index contributed by atoms with van der Waals surface area (Å²) in [5.41, 5.74) is 0. The van der Waals surface area contributed by atoms with Crippen LogP contribution in [-0.4, -0.2) is 47.3 Å². The lowest BCUT2D eigenvalue weighted by molar-refractivity contribution is 0.560. The van der Waals surface area contributed by atoms with Gasteiger partial charge in [0.2, 0.25) is 10.0 Å². The zero-order chi connectivity index (χ0) is 16.4. The topological polar surface area (TPSA) is 82.6 Å². The van der Waals surface area contributed by atoms with Gasteiger partial charge >= 0.3 is 0 Å². The molecule has 6 nitrogen and oxygen atoms in total. The Bertz CT molecular complexity index is 541. The summed E-state index contributed by atoms with van der Waals surface area (Å²) in [6, 6.07) is 4.23. The van der Waals surface area contributed by atoms with Crippen molar-refractivity contribution in [2.24, 2.45) is 10.9 Å². The molecule has 1 unspecified atom stereocenters. The summed E-state index contributed by atoms with van der Waals surface area (Å²) in [5.74, 6) is 1.27. The first-order valence-corrected chi connectivity index (χ1v) is 10.1. The van der Waals surface area contributed by atoms with Gasteiger partial charge in [-0.25, -0.2) is 13.1 Å². The number of hydrogen-bond acceptors (Lipinski definition) is 4. The lowest BCUT2D eigenvalue weighted by Gasteiger charge is -2.15. The van der Waals surface area contributed by atoms with Gasteiger partial charge in [0.1, 0.15) is 0 Å². The zero-order valence-electron chi connectivity index (χ0n) is 13.4. The highest BCUT2D eigenvalue weighted by atomic mass is 32.2. The fourth-order valence-corrected chi connectivity index (χ4v) is 3.27. The molecule has 0 radical (unpaired) electrons. The maximum absolute atomic E-state index is 10.9. The molecule has 0 aromatic carbocycles. The van der Waals surface area contributed by atoms with E-state index in [0.29, 0.717) is 25.4 Å². The average molecular weight is 347 g/mol. The molecule has 1 heterocycles. The summed E-state index contributed by atoms with van der Waals surface area (Å²) >= 11 is 1.78. The summed E-state index contributed by atoms with van der Waals surface area (Å²) in [6.45, 7) is 4.15. The maximum Gasteiger partial charge on any atom is 0.208 e. The first-order chi connectivity index (χ1) is 10.4. The Morgan fingerprint density at radius 1 is 1.36 bits per heavy atom. The van der Waals surface area contributed by atoms with Gasteiger partial charge in [-0.15, -0.1) is 11.3 Å². The Balaban J connectivity index is 2.16. The van der Waals surface area contributed by atoms with Gasteiger partial charge in [-0.1, -0.05) is 13.0 Å². The third-order valence-corrected chi connectivity index (χ3v) is 4.61. The number of nitrogens with one attached hydrogen (secondary N) is 3. The Hall–Kier alpha value is -1.12. The van der Waals surface area contributed by atoms with Gasteiger partial charge in [0.15, 0.2) is 5.96 Å². The Morgan fingerprint density at radius 2 is 2.14 bits per heavy atom. The predicted octanol–water partition coefficient (Wildman–Crippen LogP) is 1.03. The van der Waals surface area contributed by atoms with Crippen LogP contribution in [0.4, 0.5) is 0 Å². The van der Waals surface area contributed by atoms with E-state index in [0.717, 1.165) is 25.2 Å². The molecule has 1 aromatic rings. The first-order valence-electron chi connectivity index (χ1n) is 7.32. The molecule has 0 saturated carbocycles. The largest absolute Gasteiger partial charge is 0.356 e. The van der Waals surface area contributed by atoms with Crippen molar-refractivity contribution >= 4 is 27.3 Å². The molecule has 0 aliphatic heterocycles. The van der Waals surface area contributed by atoms with Crippen LogP contribution in [0.1, 0.15) is 18.2 Å². The fraction of sp³-hybridized carbons (Fsp3) is 0.643. The van der Waals surface area contributed by atoms with Crippen LogP contribution in [0.5, 0.6) is 0 Å². The third kappa shape index (κ3) is 9.01. The van der Waals surface area contributed by atoms with E-state index in [-0.39, 0.29) is 0 Å². The van der Waals surface area contributed by atoms with E-state index in [1.54, 1.807) is 18.4 Å². The van der Waals surface area contributed by atoms with E-state index < -0.39 is 10.0 Å². The highest BCUT2D eigenvalue weighted by Gasteiger charge is 2.06. The van der Waals surface area contributed by atoms with E-state index in [1.807, 2.05) is 0 Å². The van der Waals surface area contributed by atoms with Crippen LogP contribution in [0, 0.1) is 5.92 Å². The minimum Gasteiger partial charge on any atom is -0.356 e. The molecular formula is C14H26N4O2S2. The van der Waals surface area contributed by atoms with Gasteiger partial charge in [-0.3, -0.25) is 4.99 Å². The number of aliphatic imine (C=N–C) groups is 1. The number of guanidine groups is 1. The third-order valence-electron chi connectivity index (χ3n) is 2.98. The van der Waals surface area contributed by atoms with Crippen LogP contribution in [0.2, 0.25) is 0 Å². The van der Waals surface area contributed by atoms with Crippen molar-refractivity contribution in [2.45, 2.75) is 19.8 Å². The molecule has 0 saturated heterocycles. The molecule has 0 aliphatic rings. The molecule has 0 fully saturated rings. The van der Waals surface area contributed by atoms with Gasteiger partial charge in [-0.2, -0.15) is 0 Å². The second-order valence-corrected chi connectivity index (χ2v) is 8.15. The zero-order valence-corrected chi connectivity index (χ0v) is 15.1. The van der Waals surface area contributed by atoms with Crippen molar-refractivity contribution in [1.29, 1.82) is 0 Å². The molecule has 3 N–H and O–H groups in total. The number of sulfonamides is 1. The van der Waals surface area contributed by atoms with Crippen molar-refractivity contribution < 1.29 is 8.42 Å². The lowest BCUT2D eigenvalue weighted by Crippen LogP contribution is -2.40. The Kier molecular flexibility index (Phi) is 8.44. The summed E-state index contributed by atoms with van der Waals surface area (Å²) in [6.07, 6.45) is 2.92. The fourth-order valence-electron chi connectivity index (χ4n) is 1.89. The van der Waals surface area contributed by atoms with Gasteiger partial charge < -0.3 is 10.6 Å². The summed E-state index contributed by atoms with van der Waals surface area (Å²) in [4.78, 5) is 5.55. The highest BCUT2D eigenvalue weighted by molar-refractivity contribution is 7.88. The van der Waals surface area contributed by atoms with Crippen LogP contribution in [-0.2, 0) is 16.4 Å². The van der Waals surface area contributed by atoms with E-state index in [2.05, 4.69) is 44.8 Å². The molecule has 0 aliphatic carbocycles. The smallest absolute Gasteiger partial charge is 0.208 e. The quantitative estimate of drug-likeness (QED) is 0.354. The van der Waals surface area contributed by atoms with Gasteiger partial charge in [0, 0.05) is 31.6 Å². The normalized spacial score (nSPS) is 13.9. The molecule has 126 valence electrons. The van der Waals surface area contributed by atoms with Crippen molar-refractivity contribution in [2.75, 3.05) is 32.9 Å². The Labute approximate surface area is 137 Å². The van der Waals surface area contributed by atoms with Crippen molar-refractivity contribution in [1.82, 2.24) is 15.4 Å². The van der Waals surface area contributed by atoms with E-state index in [9.17, 15) is 8.42 Å².